The van der Waals surface area contributed by atoms with Gasteiger partial charge in [-0.2, -0.15) is 12.6 Å². The van der Waals surface area contributed by atoms with Gasteiger partial charge in [-0.25, -0.2) is 4.79 Å². The number of carbonyl (C=O) groups is 2. The Morgan fingerprint density at radius 3 is 1.88 bits per heavy atom. The van der Waals surface area contributed by atoms with Gasteiger partial charge in [-0.1, -0.05) is 70.4 Å². The van der Waals surface area contributed by atoms with Crippen molar-refractivity contribution in [3.05, 3.63) is 12.2 Å². The maximum Gasteiger partial charge on any atom is 0.327 e. The summed E-state index contributed by atoms with van der Waals surface area (Å²) < 4.78 is 0. The van der Waals surface area contributed by atoms with Crippen LogP contribution in [-0.2, 0) is 9.59 Å². The highest BCUT2D eigenvalue weighted by Gasteiger charge is 2.17. The van der Waals surface area contributed by atoms with E-state index in [1.165, 1.54) is 57.8 Å². The van der Waals surface area contributed by atoms with E-state index in [4.69, 9.17) is 5.11 Å². The molecule has 0 bridgehead atoms. The normalized spacial score (nSPS) is 12.4. The van der Waals surface area contributed by atoms with Crippen LogP contribution >= 0.6 is 12.6 Å². The average molecular weight is 386 g/mol. The van der Waals surface area contributed by atoms with Crippen LogP contribution in [0, 0.1) is 0 Å². The zero-order valence-electron chi connectivity index (χ0n) is 16.5. The Kier molecular flexibility index (Phi) is 18.1. The summed E-state index contributed by atoms with van der Waals surface area (Å²) in [5, 5.41) is 11.3. The summed E-state index contributed by atoms with van der Waals surface area (Å²) in [5.74, 6) is -1.10. The molecular formula is C21H39NO3S. The van der Waals surface area contributed by atoms with Crippen molar-refractivity contribution in [3.8, 4) is 0 Å². The molecule has 0 saturated heterocycles. The molecule has 0 aromatic carbocycles. The van der Waals surface area contributed by atoms with Gasteiger partial charge >= 0.3 is 5.97 Å². The summed E-state index contributed by atoms with van der Waals surface area (Å²) in [4.78, 5) is 22.4. The molecule has 0 heterocycles. The molecular weight excluding hydrogens is 346 g/mol. The number of amides is 1. The molecule has 0 unspecified atom stereocenters. The minimum Gasteiger partial charge on any atom is -0.480 e. The zero-order valence-corrected chi connectivity index (χ0v) is 17.4. The second-order valence-corrected chi connectivity index (χ2v) is 7.34. The first-order valence-corrected chi connectivity index (χ1v) is 11.0. The van der Waals surface area contributed by atoms with E-state index in [2.05, 4.69) is 37.0 Å². The molecule has 0 radical (unpaired) electrons. The molecule has 0 aliphatic rings. The largest absolute Gasteiger partial charge is 0.480 e. The van der Waals surface area contributed by atoms with Crippen molar-refractivity contribution >= 4 is 24.5 Å². The number of unbranched alkanes of at least 4 members (excludes halogenated alkanes) is 11. The van der Waals surface area contributed by atoms with Crippen LogP contribution < -0.4 is 5.32 Å². The summed E-state index contributed by atoms with van der Waals surface area (Å²) in [6.07, 6.45) is 20.9. The lowest BCUT2D eigenvalue weighted by Crippen LogP contribution is -2.42. The fraction of sp³-hybridized carbons (Fsp3) is 0.810. The summed E-state index contributed by atoms with van der Waals surface area (Å²) >= 11 is 3.93. The smallest absolute Gasteiger partial charge is 0.327 e. The minimum absolute atomic E-state index is 0.119. The molecule has 0 spiro atoms. The molecule has 0 aliphatic heterocycles. The highest BCUT2D eigenvalue weighted by molar-refractivity contribution is 7.80. The number of hydrogen-bond donors (Lipinski definition) is 3. The fourth-order valence-electron chi connectivity index (χ4n) is 2.81. The standard InChI is InChI=1S/C21H39NO3S/c1-2-3-4-5-6-7-8-9-10-11-12-13-14-15-16-17-20(23)22-19(18-26)21(24)25/h9-10,19,26H,2-8,11-18H2,1H3,(H,22,23)(H,24,25)/t19-/m0/s1. The van der Waals surface area contributed by atoms with Gasteiger partial charge in [0.15, 0.2) is 0 Å². The molecule has 152 valence electrons. The van der Waals surface area contributed by atoms with Gasteiger partial charge in [0.2, 0.25) is 5.91 Å². The van der Waals surface area contributed by atoms with Gasteiger partial charge in [0.25, 0.3) is 0 Å². The maximum atomic E-state index is 11.6. The van der Waals surface area contributed by atoms with Gasteiger partial charge in [0, 0.05) is 12.2 Å². The second kappa shape index (κ2) is 18.8. The summed E-state index contributed by atoms with van der Waals surface area (Å²) in [6.45, 7) is 2.25. The molecule has 0 aromatic rings. The summed E-state index contributed by atoms with van der Waals surface area (Å²) in [7, 11) is 0. The number of carboxylic acids is 1. The number of rotatable bonds is 18. The SMILES string of the molecule is CCCCCCCCC=CCCCCCCCC(=O)N[C@@H](CS)C(=O)O. The summed E-state index contributed by atoms with van der Waals surface area (Å²) in [5.41, 5.74) is 0. The van der Waals surface area contributed by atoms with E-state index in [0.717, 1.165) is 25.7 Å². The lowest BCUT2D eigenvalue weighted by atomic mass is 10.1. The molecule has 2 N–H and O–H groups in total. The highest BCUT2D eigenvalue weighted by atomic mass is 32.1. The van der Waals surface area contributed by atoms with Gasteiger partial charge < -0.3 is 10.4 Å². The molecule has 0 rings (SSSR count). The first kappa shape index (κ1) is 25.0. The fourth-order valence-corrected chi connectivity index (χ4v) is 3.06. The van der Waals surface area contributed by atoms with Crippen molar-refractivity contribution < 1.29 is 14.7 Å². The monoisotopic (exact) mass is 385 g/mol. The number of aliphatic carboxylic acids is 1. The number of hydrogen-bond acceptors (Lipinski definition) is 3. The van der Waals surface area contributed by atoms with E-state index in [-0.39, 0.29) is 11.7 Å². The van der Waals surface area contributed by atoms with Crippen LogP contribution in [0.1, 0.15) is 96.8 Å². The van der Waals surface area contributed by atoms with Gasteiger partial charge in [0.05, 0.1) is 0 Å². The third-order valence-electron chi connectivity index (χ3n) is 4.48. The first-order valence-electron chi connectivity index (χ1n) is 10.4. The third-order valence-corrected chi connectivity index (χ3v) is 4.85. The average Bonchev–Trinajstić information content (AvgIpc) is 2.62. The zero-order chi connectivity index (χ0) is 19.5. The first-order chi connectivity index (χ1) is 12.6. The molecule has 1 atom stereocenters. The molecule has 0 aliphatic carbocycles. The maximum absolute atomic E-state index is 11.6. The van der Waals surface area contributed by atoms with Crippen molar-refractivity contribution in [2.24, 2.45) is 0 Å². The summed E-state index contributed by atoms with van der Waals surface area (Å²) in [6, 6.07) is -0.881. The molecule has 0 saturated carbocycles. The van der Waals surface area contributed by atoms with E-state index in [0.29, 0.717) is 6.42 Å². The Morgan fingerprint density at radius 2 is 1.38 bits per heavy atom. The van der Waals surface area contributed by atoms with E-state index >= 15 is 0 Å². The van der Waals surface area contributed by atoms with Crippen LogP contribution in [0.4, 0.5) is 0 Å². The Morgan fingerprint density at radius 1 is 0.885 bits per heavy atom. The van der Waals surface area contributed by atoms with E-state index < -0.39 is 12.0 Å². The van der Waals surface area contributed by atoms with Crippen LogP contribution in [0.2, 0.25) is 0 Å². The molecule has 4 nitrogen and oxygen atoms in total. The van der Waals surface area contributed by atoms with E-state index in [1.54, 1.807) is 0 Å². The van der Waals surface area contributed by atoms with Crippen LogP contribution in [0.15, 0.2) is 12.2 Å². The van der Waals surface area contributed by atoms with E-state index in [9.17, 15) is 9.59 Å². The minimum atomic E-state index is -1.03. The van der Waals surface area contributed by atoms with Crippen molar-refractivity contribution in [2.75, 3.05) is 5.75 Å². The molecule has 1 amide bonds. The number of allylic oxidation sites excluding steroid dienone is 2. The lowest BCUT2D eigenvalue weighted by molar-refractivity contribution is -0.141. The Bertz CT molecular complexity index is 385. The highest BCUT2D eigenvalue weighted by Crippen LogP contribution is 2.10. The Labute approximate surface area is 165 Å². The van der Waals surface area contributed by atoms with Gasteiger partial charge in [-0.05, 0) is 32.1 Å². The van der Waals surface area contributed by atoms with Gasteiger partial charge in [0.1, 0.15) is 6.04 Å². The predicted molar refractivity (Wildman–Crippen MR) is 113 cm³/mol. The van der Waals surface area contributed by atoms with Gasteiger partial charge in [-0.3, -0.25) is 4.79 Å². The second-order valence-electron chi connectivity index (χ2n) is 6.98. The molecule has 5 heteroatoms. The van der Waals surface area contributed by atoms with Crippen LogP contribution in [0.3, 0.4) is 0 Å². The Hall–Kier alpha value is -0.970. The number of carbonyl (C=O) groups excluding carboxylic acids is 1. The molecule has 0 fully saturated rings. The van der Waals surface area contributed by atoms with Crippen molar-refractivity contribution in [3.63, 3.8) is 0 Å². The quantitative estimate of drug-likeness (QED) is 0.165. The van der Waals surface area contributed by atoms with Crippen molar-refractivity contribution in [1.82, 2.24) is 5.32 Å². The van der Waals surface area contributed by atoms with Gasteiger partial charge in [-0.15, -0.1) is 0 Å². The van der Waals surface area contributed by atoms with Crippen LogP contribution in [0.25, 0.3) is 0 Å². The number of thiol groups is 1. The molecule has 26 heavy (non-hydrogen) atoms. The van der Waals surface area contributed by atoms with E-state index in [1.807, 2.05) is 0 Å². The number of carboxylic acid groups (broad SMARTS) is 1. The van der Waals surface area contributed by atoms with Crippen LogP contribution in [-0.4, -0.2) is 28.8 Å². The van der Waals surface area contributed by atoms with Crippen LogP contribution in [0.5, 0.6) is 0 Å². The predicted octanol–water partition coefficient (Wildman–Crippen LogP) is 5.52. The topological polar surface area (TPSA) is 66.4 Å². The Balaban J connectivity index is 3.36. The molecule has 0 aromatic heterocycles. The van der Waals surface area contributed by atoms with Crippen molar-refractivity contribution in [1.29, 1.82) is 0 Å². The lowest BCUT2D eigenvalue weighted by Gasteiger charge is -2.11. The number of nitrogens with one attached hydrogen (secondary N) is 1. The van der Waals surface area contributed by atoms with Crippen molar-refractivity contribution in [2.45, 2.75) is 103 Å². The third kappa shape index (κ3) is 16.5.